The number of rotatable bonds is 0. The highest BCUT2D eigenvalue weighted by molar-refractivity contribution is 4.89. The summed E-state index contributed by atoms with van der Waals surface area (Å²) in [5.41, 5.74) is 0. The first kappa shape index (κ1) is 7.41. The molecule has 4 rings (SSSR count). The topological polar surface area (TPSA) is 0 Å². The lowest BCUT2D eigenvalue weighted by Gasteiger charge is -2.46. The predicted molar refractivity (Wildman–Crippen MR) is 50.9 cm³/mol. The lowest BCUT2D eigenvalue weighted by Crippen LogP contribution is -2.34. The summed E-state index contributed by atoms with van der Waals surface area (Å²) in [6, 6.07) is 0. The molecular weight excluding hydrogens is 144 g/mol. The van der Waals surface area contributed by atoms with E-state index in [1.165, 1.54) is 23.7 Å². The van der Waals surface area contributed by atoms with Crippen molar-refractivity contribution >= 4 is 0 Å². The molecule has 4 fully saturated rings. The van der Waals surface area contributed by atoms with Crippen LogP contribution in [-0.4, -0.2) is 0 Å². The Morgan fingerprint density at radius 1 is 0.333 bits per heavy atom. The van der Waals surface area contributed by atoms with Crippen molar-refractivity contribution in [1.29, 1.82) is 0 Å². The zero-order chi connectivity index (χ0) is 7.97. The van der Waals surface area contributed by atoms with E-state index >= 15 is 0 Å². The van der Waals surface area contributed by atoms with Crippen LogP contribution in [0.25, 0.3) is 0 Å². The monoisotopic (exact) mass is 164 g/mol. The zero-order valence-electron chi connectivity index (χ0n) is 7.97. The first-order chi connectivity index (χ1) is 5.93. The molecular formula is C12H20. The van der Waals surface area contributed by atoms with Crippen LogP contribution in [0.4, 0.5) is 0 Å². The molecule has 0 heterocycles. The molecule has 0 radical (unpaired) electrons. The Bertz CT molecular complexity index is 117. The quantitative estimate of drug-likeness (QED) is 0.513. The molecule has 0 atom stereocenters. The minimum atomic E-state index is 1.21. The molecule has 4 saturated carbocycles. The van der Waals surface area contributed by atoms with Gasteiger partial charge in [-0.2, -0.15) is 0 Å². The van der Waals surface area contributed by atoms with E-state index in [1.807, 2.05) is 0 Å². The van der Waals surface area contributed by atoms with Crippen molar-refractivity contribution in [3.05, 3.63) is 0 Å². The Kier molecular flexibility index (Phi) is 1.70. The van der Waals surface area contributed by atoms with Crippen LogP contribution in [0.3, 0.4) is 0 Å². The van der Waals surface area contributed by atoms with E-state index in [-0.39, 0.29) is 0 Å². The van der Waals surface area contributed by atoms with Gasteiger partial charge in [0.2, 0.25) is 0 Å². The van der Waals surface area contributed by atoms with Crippen molar-refractivity contribution in [3.8, 4) is 0 Å². The summed E-state index contributed by atoms with van der Waals surface area (Å²) >= 11 is 0. The molecule has 0 unspecified atom stereocenters. The van der Waals surface area contributed by atoms with Crippen molar-refractivity contribution < 1.29 is 0 Å². The summed E-state index contributed by atoms with van der Waals surface area (Å²) in [6.45, 7) is 0. The van der Waals surface area contributed by atoms with Crippen molar-refractivity contribution in [1.82, 2.24) is 0 Å². The van der Waals surface area contributed by atoms with Crippen molar-refractivity contribution in [2.24, 2.45) is 23.7 Å². The third kappa shape index (κ3) is 1.03. The van der Waals surface area contributed by atoms with E-state index in [4.69, 9.17) is 0 Å². The normalized spacial score (nSPS) is 52.0. The summed E-state index contributed by atoms with van der Waals surface area (Å²) in [7, 11) is 0. The van der Waals surface area contributed by atoms with Crippen molar-refractivity contribution in [2.45, 2.75) is 51.4 Å². The van der Waals surface area contributed by atoms with E-state index in [1.54, 1.807) is 51.4 Å². The molecule has 0 aliphatic heterocycles. The second kappa shape index (κ2) is 2.75. The molecule has 0 N–H and O–H groups in total. The van der Waals surface area contributed by atoms with Crippen LogP contribution >= 0.6 is 0 Å². The van der Waals surface area contributed by atoms with Gasteiger partial charge in [-0.05, 0) is 75.0 Å². The maximum Gasteiger partial charge on any atom is -0.0386 e. The molecule has 0 amide bonds. The van der Waals surface area contributed by atoms with Crippen LogP contribution in [-0.2, 0) is 0 Å². The molecule has 4 aliphatic carbocycles. The van der Waals surface area contributed by atoms with Gasteiger partial charge in [0.15, 0.2) is 0 Å². The number of hydrogen-bond acceptors (Lipinski definition) is 0. The van der Waals surface area contributed by atoms with Gasteiger partial charge in [0.1, 0.15) is 0 Å². The van der Waals surface area contributed by atoms with Gasteiger partial charge in [0, 0.05) is 0 Å². The summed E-state index contributed by atoms with van der Waals surface area (Å²) in [5, 5.41) is 0. The van der Waals surface area contributed by atoms with Crippen molar-refractivity contribution in [3.63, 3.8) is 0 Å². The van der Waals surface area contributed by atoms with E-state index in [9.17, 15) is 0 Å². The minimum Gasteiger partial charge on any atom is -0.0499 e. The summed E-state index contributed by atoms with van der Waals surface area (Å²) in [4.78, 5) is 0. The average Bonchev–Trinajstić information content (AvgIpc) is 2.05. The van der Waals surface area contributed by atoms with Crippen LogP contribution in [0.2, 0.25) is 0 Å². The lowest BCUT2D eigenvalue weighted by atomic mass is 9.60. The third-order valence-electron chi connectivity index (χ3n) is 4.97. The second-order valence-electron chi connectivity index (χ2n) is 5.35. The maximum atomic E-state index is 1.56. The van der Waals surface area contributed by atoms with Crippen molar-refractivity contribution in [2.75, 3.05) is 0 Å². The van der Waals surface area contributed by atoms with Crippen LogP contribution in [0.5, 0.6) is 0 Å². The fraction of sp³-hybridized carbons (Fsp3) is 1.00. The Hall–Kier alpha value is 0. The Labute approximate surface area is 75.7 Å². The smallest absolute Gasteiger partial charge is 0.0386 e. The summed E-state index contributed by atoms with van der Waals surface area (Å²) in [6.07, 6.45) is 12.5. The van der Waals surface area contributed by atoms with Gasteiger partial charge >= 0.3 is 0 Å². The molecule has 0 spiro atoms. The Morgan fingerprint density at radius 3 is 0.500 bits per heavy atom. The molecule has 0 aromatic carbocycles. The average molecular weight is 164 g/mol. The highest BCUT2D eigenvalue weighted by Gasteiger charge is 2.38. The second-order valence-corrected chi connectivity index (χ2v) is 5.35. The Balaban J connectivity index is 0.0000000817. The molecule has 0 nitrogen and oxygen atoms in total. The van der Waals surface area contributed by atoms with E-state index in [0.29, 0.717) is 0 Å². The summed E-state index contributed by atoms with van der Waals surface area (Å²) in [5.74, 6) is 4.85. The maximum absolute atomic E-state index is 1.56. The van der Waals surface area contributed by atoms with Crippen LogP contribution in [0.1, 0.15) is 51.4 Å². The molecule has 0 aromatic rings. The summed E-state index contributed by atoms with van der Waals surface area (Å²) < 4.78 is 0. The van der Waals surface area contributed by atoms with Gasteiger partial charge in [-0.25, -0.2) is 0 Å². The molecule has 0 saturated heterocycles. The lowest BCUT2D eigenvalue weighted by molar-refractivity contribution is 0.0548. The van der Waals surface area contributed by atoms with Crippen LogP contribution < -0.4 is 0 Å². The van der Waals surface area contributed by atoms with Gasteiger partial charge in [0.05, 0.1) is 0 Å². The van der Waals surface area contributed by atoms with Crippen LogP contribution in [0, 0.1) is 23.7 Å². The first-order valence-corrected chi connectivity index (χ1v) is 5.93. The van der Waals surface area contributed by atoms with E-state index in [2.05, 4.69) is 0 Å². The van der Waals surface area contributed by atoms with E-state index < -0.39 is 0 Å². The first-order valence-electron chi connectivity index (χ1n) is 5.93. The molecule has 0 bridgehead atoms. The van der Waals surface area contributed by atoms with Gasteiger partial charge in [0.25, 0.3) is 0 Å². The largest absolute Gasteiger partial charge is 0.0499 e. The number of fused-ring (bicyclic) bond motifs is 2. The minimum absolute atomic E-state index is 1.21. The standard InChI is InChI=1S/2C6H10/c2*1-2-6-4-3-5(1)6/h2*5-6H,1-4H2. The van der Waals surface area contributed by atoms with Gasteiger partial charge in [-0.15, -0.1) is 0 Å². The number of hydrogen-bond donors (Lipinski definition) is 0. The molecule has 4 aliphatic rings. The van der Waals surface area contributed by atoms with E-state index in [0.717, 1.165) is 0 Å². The Morgan fingerprint density at radius 2 is 0.500 bits per heavy atom. The van der Waals surface area contributed by atoms with Gasteiger partial charge < -0.3 is 0 Å². The van der Waals surface area contributed by atoms with Gasteiger partial charge in [-0.1, -0.05) is 0 Å². The predicted octanol–water partition coefficient (Wildman–Crippen LogP) is 3.61. The highest BCUT2D eigenvalue weighted by Crippen LogP contribution is 2.50. The van der Waals surface area contributed by atoms with Crippen LogP contribution in [0.15, 0.2) is 0 Å². The fourth-order valence-electron chi connectivity index (χ4n) is 3.13. The molecule has 68 valence electrons. The molecule has 0 aromatic heterocycles. The van der Waals surface area contributed by atoms with Gasteiger partial charge in [-0.3, -0.25) is 0 Å². The highest BCUT2D eigenvalue weighted by atomic mass is 14.4. The third-order valence-corrected chi connectivity index (χ3v) is 4.97. The zero-order valence-corrected chi connectivity index (χ0v) is 7.97. The molecule has 0 heteroatoms. The fourth-order valence-corrected chi connectivity index (χ4v) is 3.13. The SMILES string of the molecule is C1CC2CCC12.C1CC2CCC12. The molecule has 12 heavy (non-hydrogen) atoms.